The molecule has 0 aliphatic carbocycles. The summed E-state index contributed by atoms with van der Waals surface area (Å²) in [6.45, 7) is 2.56. The van der Waals surface area contributed by atoms with Gasteiger partial charge in [0.1, 0.15) is 11.6 Å². The molecule has 0 aromatic heterocycles. The van der Waals surface area contributed by atoms with Crippen LogP contribution in [0.25, 0.3) is 11.1 Å². The average Bonchev–Trinajstić information content (AvgIpc) is 2.80. The summed E-state index contributed by atoms with van der Waals surface area (Å²) in [4.78, 5) is 15.1. The lowest BCUT2D eigenvalue weighted by Crippen LogP contribution is -2.47. The van der Waals surface area contributed by atoms with Crippen molar-refractivity contribution in [3.05, 3.63) is 95.6 Å². The van der Waals surface area contributed by atoms with Gasteiger partial charge in [-0.2, -0.15) is 0 Å². The van der Waals surface area contributed by atoms with E-state index in [9.17, 15) is 18.7 Å². The number of carbonyl (C=O) groups excluding carboxylic acids is 1. The van der Waals surface area contributed by atoms with Gasteiger partial charge in [0.05, 0.1) is 6.04 Å². The molecule has 5 heteroatoms. The Bertz CT molecular complexity index is 1060. The molecule has 1 aliphatic heterocycles. The first-order valence-electron chi connectivity index (χ1n) is 10.9. The minimum atomic E-state index is -0.470. The summed E-state index contributed by atoms with van der Waals surface area (Å²) in [6.07, 6.45) is 1.47. The summed E-state index contributed by atoms with van der Waals surface area (Å²) in [5.41, 5.74) is 3.39. The number of halogens is 2. The Morgan fingerprint density at radius 1 is 0.906 bits per heavy atom. The summed E-state index contributed by atoms with van der Waals surface area (Å²) in [5, 5.41) is 9.65. The van der Waals surface area contributed by atoms with Gasteiger partial charge in [-0.15, -0.1) is 0 Å². The molecule has 3 aromatic rings. The molecule has 1 aliphatic rings. The summed E-state index contributed by atoms with van der Waals surface area (Å²) in [5.74, 6) is -0.543. The van der Waals surface area contributed by atoms with Gasteiger partial charge >= 0.3 is 0 Å². The van der Waals surface area contributed by atoms with E-state index >= 15 is 0 Å². The van der Waals surface area contributed by atoms with E-state index < -0.39 is 5.41 Å². The number of hydrogen-bond acceptors (Lipinski definition) is 2. The summed E-state index contributed by atoms with van der Waals surface area (Å²) < 4.78 is 26.6. The van der Waals surface area contributed by atoms with Crippen LogP contribution in [0.2, 0.25) is 0 Å². The quantitative estimate of drug-likeness (QED) is 0.545. The van der Waals surface area contributed by atoms with E-state index in [1.54, 1.807) is 24.3 Å². The lowest BCUT2D eigenvalue weighted by atomic mass is 9.70. The van der Waals surface area contributed by atoms with Crippen molar-refractivity contribution in [1.82, 2.24) is 4.90 Å². The number of amides is 1. The van der Waals surface area contributed by atoms with Gasteiger partial charge in [0.15, 0.2) is 0 Å². The van der Waals surface area contributed by atoms with Gasteiger partial charge in [-0.05, 0) is 66.3 Å². The predicted molar refractivity (Wildman–Crippen MR) is 121 cm³/mol. The second kappa shape index (κ2) is 9.21. The fourth-order valence-corrected chi connectivity index (χ4v) is 4.75. The van der Waals surface area contributed by atoms with Crippen molar-refractivity contribution in [2.45, 2.75) is 37.6 Å². The largest absolute Gasteiger partial charge is 0.396 e. The molecule has 0 spiro atoms. The van der Waals surface area contributed by atoms with E-state index in [0.29, 0.717) is 19.4 Å². The standard InChI is InChI=1S/C27H27F2NO2/c1-19(20-2-4-21(5-3-20)22-6-10-24(28)11-7-22)30-16-14-27(15-17-31,18-26(30)32)23-8-12-25(29)13-9-23/h2-13,19,31H,14-18H2,1H3/t19-,27+/m0/s1. The summed E-state index contributed by atoms with van der Waals surface area (Å²) >= 11 is 0. The van der Waals surface area contributed by atoms with Crippen molar-refractivity contribution in [1.29, 1.82) is 0 Å². The maximum Gasteiger partial charge on any atom is 0.223 e. The normalized spacial score (nSPS) is 19.8. The van der Waals surface area contributed by atoms with Crippen molar-refractivity contribution < 1.29 is 18.7 Å². The van der Waals surface area contributed by atoms with Gasteiger partial charge in [0.25, 0.3) is 0 Å². The van der Waals surface area contributed by atoms with Gasteiger partial charge in [-0.3, -0.25) is 4.79 Å². The Morgan fingerprint density at radius 2 is 1.44 bits per heavy atom. The highest BCUT2D eigenvalue weighted by molar-refractivity contribution is 5.79. The van der Waals surface area contributed by atoms with E-state index in [1.165, 1.54) is 24.3 Å². The van der Waals surface area contributed by atoms with Crippen LogP contribution in [0, 0.1) is 11.6 Å². The van der Waals surface area contributed by atoms with Gasteiger partial charge in [-0.25, -0.2) is 8.78 Å². The number of aliphatic hydroxyl groups excluding tert-OH is 1. The molecule has 1 fully saturated rings. The van der Waals surface area contributed by atoms with Gasteiger partial charge in [0.2, 0.25) is 5.91 Å². The number of likely N-dealkylation sites (tertiary alicyclic amines) is 1. The Kier molecular flexibility index (Phi) is 6.38. The molecule has 32 heavy (non-hydrogen) atoms. The minimum absolute atomic E-state index is 0.0228. The second-order valence-electron chi connectivity index (χ2n) is 8.58. The fourth-order valence-electron chi connectivity index (χ4n) is 4.75. The minimum Gasteiger partial charge on any atom is -0.396 e. The first-order valence-corrected chi connectivity index (χ1v) is 10.9. The van der Waals surface area contributed by atoms with E-state index in [-0.39, 0.29) is 36.6 Å². The topological polar surface area (TPSA) is 40.5 Å². The predicted octanol–water partition coefficient (Wildman–Crippen LogP) is 5.64. The number of hydrogen-bond donors (Lipinski definition) is 1. The van der Waals surface area contributed by atoms with Crippen molar-refractivity contribution in [3.8, 4) is 11.1 Å². The third kappa shape index (κ3) is 4.44. The average molecular weight is 436 g/mol. The van der Waals surface area contributed by atoms with Crippen LogP contribution in [0.15, 0.2) is 72.8 Å². The van der Waals surface area contributed by atoms with Crippen LogP contribution in [0.4, 0.5) is 8.78 Å². The van der Waals surface area contributed by atoms with Crippen LogP contribution in [-0.2, 0) is 10.2 Å². The zero-order chi connectivity index (χ0) is 22.7. The van der Waals surface area contributed by atoms with Crippen molar-refractivity contribution in [2.75, 3.05) is 13.2 Å². The molecule has 3 aromatic carbocycles. The Balaban J connectivity index is 1.50. The van der Waals surface area contributed by atoms with Crippen LogP contribution in [0.3, 0.4) is 0 Å². The second-order valence-corrected chi connectivity index (χ2v) is 8.58. The van der Waals surface area contributed by atoms with Crippen LogP contribution >= 0.6 is 0 Å². The maximum absolute atomic E-state index is 13.4. The SMILES string of the molecule is C[C@@H](c1ccc(-c2ccc(F)cc2)cc1)N1CC[C@](CCO)(c2ccc(F)cc2)CC1=O. The Hall–Kier alpha value is -3.05. The molecule has 0 radical (unpaired) electrons. The monoisotopic (exact) mass is 435 g/mol. The molecule has 166 valence electrons. The molecule has 1 N–H and O–H groups in total. The van der Waals surface area contributed by atoms with Crippen LogP contribution in [0.5, 0.6) is 0 Å². The zero-order valence-corrected chi connectivity index (χ0v) is 18.1. The number of aliphatic hydroxyl groups is 1. The van der Waals surface area contributed by atoms with Crippen LogP contribution in [0.1, 0.15) is 43.4 Å². The van der Waals surface area contributed by atoms with Crippen LogP contribution < -0.4 is 0 Å². The van der Waals surface area contributed by atoms with Crippen molar-refractivity contribution in [2.24, 2.45) is 0 Å². The molecular formula is C27H27F2NO2. The fraction of sp³-hybridized carbons (Fsp3) is 0.296. The highest BCUT2D eigenvalue weighted by Gasteiger charge is 2.41. The maximum atomic E-state index is 13.4. The summed E-state index contributed by atoms with van der Waals surface area (Å²) in [6, 6.07) is 20.6. The van der Waals surface area contributed by atoms with E-state index in [0.717, 1.165) is 22.3 Å². The molecule has 3 nitrogen and oxygen atoms in total. The third-order valence-electron chi connectivity index (χ3n) is 6.73. The van der Waals surface area contributed by atoms with Gasteiger partial charge in [-0.1, -0.05) is 48.5 Å². The highest BCUT2D eigenvalue weighted by atomic mass is 19.1. The van der Waals surface area contributed by atoms with Crippen LogP contribution in [-0.4, -0.2) is 29.1 Å². The molecule has 0 saturated carbocycles. The molecule has 1 heterocycles. The number of carbonyl (C=O) groups is 1. The summed E-state index contributed by atoms with van der Waals surface area (Å²) in [7, 11) is 0. The van der Waals surface area contributed by atoms with Crippen molar-refractivity contribution >= 4 is 5.91 Å². The number of nitrogens with zero attached hydrogens (tertiary/aromatic N) is 1. The Labute approximate surface area is 187 Å². The molecule has 0 bridgehead atoms. The van der Waals surface area contributed by atoms with Crippen molar-refractivity contribution in [3.63, 3.8) is 0 Å². The molecule has 2 atom stereocenters. The van der Waals surface area contributed by atoms with E-state index in [1.807, 2.05) is 36.1 Å². The smallest absolute Gasteiger partial charge is 0.223 e. The zero-order valence-electron chi connectivity index (χ0n) is 18.1. The third-order valence-corrected chi connectivity index (χ3v) is 6.73. The van der Waals surface area contributed by atoms with Gasteiger partial charge < -0.3 is 10.0 Å². The lowest BCUT2D eigenvalue weighted by Gasteiger charge is -2.44. The molecule has 1 saturated heterocycles. The van der Waals surface area contributed by atoms with E-state index in [2.05, 4.69) is 0 Å². The molecule has 1 amide bonds. The lowest BCUT2D eigenvalue weighted by molar-refractivity contribution is -0.138. The molecule has 0 unspecified atom stereocenters. The van der Waals surface area contributed by atoms with E-state index in [4.69, 9.17) is 0 Å². The number of piperidine rings is 1. The highest BCUT2D eigenvalue weighted by Crippen LogP contribution is 2.41. The molecular weight excluding hydrogens is 408 g/mol. The first-order chi connectivity index (χ1) is 15.4. The number of benzene rings is 3. The molecule has 4 rings (SSSR count). The first kappa shape index (κ1) is 22.2. The number of rotatable bonds is 6. The van der Waals surface area contributed by atoms with Gasteiger partial charge in [0, 0.05) is 25.0 Å². The Morgan fingerprint density at radius 3 is 1.97 bits per heavy atom.